The van der Waals surface area contributed by atoms with Crippen LogP contribution in [0, 0.1) is 11.6 Å². The minimum absolute atomic E-state index is 0.0665. The number of halogens is 2. The van der Waals surface area contributed by atoms with Gasteiger partial charge in [0, 0.05) is 18.2 Å². The summed E-state index contributed by atoms with van der Waals surface area (Å²) in [4.78, 5) is 4.05. The van der Waals surface area contributed by atoms with Crippen molar-refractivity contribution in [3.63, 3.8) is 0 Å². The highest BCUT2D eigenvalue weighted by Crippen LogP contribution is 2.22. The van der Waals surface area contributed by atoms with Crippen molar-refractivity contribution in [1.29, 1.82) is 0 Å². The van der Waals surface area contributed by atoms with Crippen LogP contribution in [0.15, 0.2) is 28.9 Å². The van der Waals surface area contributed by atoms with E-state index < -0.39 is 11.6 Å². The number of hydrogen-bond donors (Lipinski definition) is 1. The van der Waals surface area contributed by atoms with Crippen LogP contribution >= 0.6 is 0 Å². The first kappa shape index (κ1) is 13.3. The van der Waals surface area contributed by atoms with Gasteiger partial charge in [-0.1, -0.05) is 10.4 Å². The maximum atomic E-state index is 13.2. The van der Waals surface area contributed by atoms with E-state index in [1.165, 1.54) is 4.68 Å². The molecule has 0 atom stereocenters. The predicted octanol–water partition coefficient (Wildman–Crippen LogP) is 1.23. The van der Waals surface area contributed by atoms with E-state index in [0.717, 1.165) is 18.2 Å². The van der Waals surface area contributed by atoms with E-state index in [0.29, 0.717) is 18.8 Å². The van der Waals surface area contributed by atoms with Gasteiger partial charge in [0.1, 0.15) is 11.6 Å². The van der Waals surface area contributed by atoms with Crippen LogP contribution in [0.3, 0.4) is 0 Å². The van der Waals surface area contributed by atoms with E-state index in [4.69, 9.17) is 10.3 Å². The van der Waals surface area contributed by atoms with Gasteiger partial charge in [-0.25, -0.2) is 8.78 Å². The summed E-state index contributed by atoms with van der Waals surface area (Å²) in [6, 6.07) is 2.99. The molecule has 0 aliphatic heterocycles. The van der Waals surface area contributed by atoms with Gasteiger partial charge in [-0.15, -0.1) is 5.10 Å². The molecule has 2 aromatic heterocycles. The minimum atomic E-state index is -0.717. The van der Waals surface area contributed by atoms with Crippen LogP contribution in [0.1, 0.15) is 0 Å². The van der Waals surface area contributed by atoms with Gasteiger partial charge in [-0.3, -0.25) is 4.68 Å². The monoisotopic (exact) mass is 292 g/mol. The first-order chi connectivity index (χ1) is 10.2. The Morgan fingerprint density at radius 1 is 1.19 bits per heavy atom. The lowest BCUT2D eigenvalue weighted by molar-refractivity contribution is 0.431. The zero-order valence-corrected chi connectivity index (χ0v) is 10.7. The van der Waals surface area contributed by atoms with Gasteiger partial charge in [-0.05, 0) is 12.1 Å². The molecule has 3 rings (SSSR count). The molecule has 0 saturated carbocycles. The fraction of sp³-hybridized carbons (Fsp3) is 0.167. The predicted molar refractivity (Wildman–Crippen MR) is 67.7 cm³/mol. The molecule has 0 fully saturated rings. The Morgan fingerprint density at radius 2 is 1.95 bits per heavy atom. The second-order valence-electron chi connectivity index (χ2n) is 4.24. The molecule has 0 aliphatic rings. The second kappa shape index (κ2) is 5.37. The van der Waals surface area contributed by atoms with Gasteiger partial charge in [0.2, 0.25) is 5.82 Å². The number of hydrogen-bond acceptors (Lipinski definition) is 6. The fourth-order valence-electron chi connectivity index (χ4n) is 1.77. The largest absolute Gasteiger partial charge is 0.332 e. The summed E-state index contributed by atoms with van der Waals surface area (Å²) in [5, 5.41) is 11.4. The van der Waals surface area contributed by atoms with Crippen molar-refractivity contribution >= 4 is 0 Å². The lowest BCUT2D eigenvalue weighted by Gasteiger charge is -1.95. The molecule has 0 aliphatic carbocycles. The maximum Gasteiger partial charge on any atom is 0.280 e. The highest BCUT2D eigenvalue weighted by atomic mass is 19.1. The normalized spacial score (nSPS) is 11.0. The summed E-state index contributed by atoms with van der Waals surface area (Å²) >= 11 is 0. The zero-order chi connectivity index (χ0) is 14.8. The van der Waals surface area contributed by atoms with E-state index >= 15 is 0 Å². The molecule has 0 bridgehead atoms. The average Bonchev–Trinajstić information content (AvgIpc) is 3.06. The first-order valence-electron chi connectivity index (χ1n) is 6.06. The Morgan fingerprint density at radius 3 is 2.67 bits per heavy atom. The summed E-state index contributed by atoms with van der Waals surface area (Å²) in [5.74, 6) is -1.26. The average molecular weight is 292 g/mol. The van der Waals surface area contributed by atoms with Gasteiger partial charge in [0.15, 0.2) is 5.69 Å². The van der Waals surface area contributed by atoms with E-state index in [9.17, 15) is 8.78 Å². The van der Waals surface area contributed by atoms with Gasteiger partial charge in [-0.2, -0.15) is 4.98 Å². The quantitative estimate of drug-likeness (QED) is 0.777. The van der Waals surface area contributed by atoms with Gasteiger partial charge >= 0.3 is 0 Å². The molecule has 0 saturated heterocycles. The number of rotatable bonds is 4. The summed E-state index contributed by atoms with van der Waals surface area (Å²) in [6.45, 7) is 0.920. The van der Waals surface area contributed by atoms with Crippen LogP contribution in [0.5, 0.6) is 0 Å². The van der Waals surface area contributed by atoms with Crippen molar-refractivity contribution in [2.75, 3.05) is 6.54 Å². The standard InChI is InChI=1S/C12H10F2N6O/c13-8-3-7(4-9(14)5-8)11-16-12(21-18-11)10-6-20(2-1-15)19-17-10/h3-6H,1-2,15H2. The van der Waals surface area contributed by atoms with Crippen molar-refractivity contribution in [2.45, 2.75) is 6.54 Å². The molecule has 108 valence electrons. The molecule has 0 amide bonds. The summed E-state index contributed by atoms with van der Waals surface area (Å²) < 4.78 is 32.9. The number of benzene rings is 1. The van der Waals surface area contributed by atoms with Crippen molar-refractivity contribution in [2.24, 2.45) is 5.73 Å². The molecule has 7 nitrogen and oxygen atoms in total. The highest BCUT2D eigenvalue weighted by Gasteiger charge is 2.15. The Bertz CT molecular complexity index is 748. The summed E-state index contributed by atoms with van der Waals surface area (Å²) in [6.07, 6.45) is 1.59. The second-order valence-corrected chi connectivity index (χ2v) is 4.24. The third-order valence-electron chi connectivity index (χ3n) is 2.66. The molecule has 2 N–H and O–H groups in total. The lowest BCUT2D eigenvalue weighted by atomic mass is 10.2. The van der Waals surface area contributed by atoms with Crippen molar-refractivity contribution in [3.8, 4) is 23.0 Å². The smallest absolute Gasteiger partial charge is 0.280 e. The summed E-state index contributed by atoms with van der Waals surface area (Å²) in [7, 11) is 0. The first-order valence-corrected chi connectivity index (χ1v) is 6.06. The molecule has 2 heterocycles. The van der Waals surface area contributed by atoms with Crippen molar-refractivity contribution in [3.05, 3.63) is 36.0 Å². The zero-order valence-electron chi connectivity index (χ0n) is 10.7. The Kier molecular flexibility index (Phi) is 3.40. The molecule has 0 radical (unpaired) electrons. The van der Waals surface area contributed by atoms with E-state index in [2.05, 4.69) is 20.5 Å². The van der Waals surface area contributed by atoms with Gasteiger partial charge in [0.05, 0.1) is 12.7 Å². The molecular formula is C12H10F2N6O. The van der Waals surface area contributed by atoms with Crippen LogP contribution in [0.4, 0.5) is 8.78 Å². The molecule has 1 aromatic carbocycles. The van der Waals surface area contributed by atoms with Crippen LogP contribution < -0.4 is 5.73 Å². The number of nitrogens with zero attached hydrogens (tertiary/aromatic N) is 5. The molecule has 9 heteroatoms. The topological polar surface area (TPSA) is 95.7 Å². The van der Waals surface area contributed by atoms with E-state index in [1.54, 1.807) is 6.20 Å². The van der Waals surface area contributed by atoms with Crippen molar-refractivity contribution in [1.82, 2.24) is 25.1 Å². The lowest BCUT2D eigenvalue weighted by Crippen LogP contribution is -2.10. The van der Waals surface area contributed by atoms with Gasteiger partial charge < -0.3 is 10.3 Å². The minimum Gasteiger partial charge on any atom is -0.332 e. The number of nitrogens with two attached hydrogens (primary N) is 1. The Hall–Kier alpha value is -2.68. The third kappa shape index (κ3) is 2.77. The van der Waals surface area contributed by atoms with E-state index in [-0.39, 0.29) is 17.3 Å². The third-order valence-corrected chi connectivity index (χ3v) is 2.66. The van der Waals surface area contributed by atoms with Gasteiger partial charge in [0.25, 0.3) is 5.89 Å². The molecule has 3 aromatic rings. The van der Waals surface area contributed by atoms with Crippen LogP contribution in [-0.2, 0) is 6.54 Å². The van der Waals surface area contributed by atoms with Crippen LogP contribution in [-0.4, -0.2) is 31.7 Å². The van der Waals surface area contributed by atoms with Crippen molar-refractivity contribution < 1.29 is 13.3 Å². The molecule has 21 heavy (non-hydrogen) atoms. The van der Waals surface area contributed by atoms with Crippen LogP contribution in [0.25, 0.3) is 23.0 Å². The summed E-state index contributed by atoms with van der Waals surface area (Å²) in [5.41, 5.74) is 5.94. The highest BCUT2D eigenvalue weighted by molar-refractivity contribution is 5.57. The molecular weight excluding hydrogens is 282 g/mol. The number of aromatic nitrogens is 5. The Balaban J connectivity index is 1.91. The SMILES string of the molecule is NCCn1cc(-c2nc(-c3cc(F)cc(F)c3)no2)nn1. The Labute approximate surface area is 117 Å². The van der Waals surface area contributed by atoms with Crippen LogP contribution in [0.2, 0.25) is 0 Å². The van der Waals surface area contributed by atoms with E-state index in [1.807, 2.05) is 0 Å². The molecule has 0 unspecified atom stereocenters. The maximum absolute atomic E-state index is 13.2. The fourth-order valence-corrected chi connectivity index (χ4v) is 1.77. The molecule has 0 spiro atoms.